The number of nitrogens with one attached hydrogen (secondary N) is 3. The Labute approximate surface area is 207 Å². The van der Waals surface area contributed by atoms with Gasteiger partial charge in [0.1, 0.15) is 5.82 Å². The summed E-state index contributed by atoms with van der Waals surface area (Å²) in [7, 11) is 0. The number of benzene rings is 2. The van der Waals surface area contributed by atoms with Crippen molar-refractivity contribution in [2.24, 2.45) is 0 Å². The summed E-state index contributed by atoms with van der Waals surface area (Å²) in [5.74, 6) is 0.209. The number of nitrogen functional groups attached to an aromatic ring is 1. The van der Waals surface area contributed by atoms with Crippen molar-refractivity contribution in [3.8, 4) is 11.3 Å². The highest BCUT2D eigenvalue weighted by molar-refractivity contribution is 5.83. The van der Waals surface area contributed by atoms with Gasteiger partial charge in [-0.15, -0.1) is 0 Å². The Morgan fingerprint density at radius 3 is 2.69 bits per heavy atom. The number of hydrogen-bond donors (Lipinski definition) is 4. The maximum absolute atomic E-state index is 12.2. The molecule has 1 aliphatic heterocycles. The third-order valence-corrected chi connectivity index (χ3v) is 6.24. The van der Waals surface area contributed by atoms with Crippen molar-refractivity contribution in [2.45, 2.75) is 13.8 Å². The predicted octanol–water partition coefficient (Wildman–Crippen LogP) is 3.06. The van der Waals surface area contributed by atoms with Crippen molar-refractivity contribution in [3.05, 3.63) is 58.6 Å². The highest BCUT2D eigenvalue weighted by Crippen LogP contribution is 2.35. The second-order valence-corrected chi connectivity index (χ2v) is 8.58. The van der Waals surface area contributed by atoms with Gasteiger partial charge in [0.15, 0.2) is 5.58 Å². The lowest BCUT2D eigenvalue weighted by Crippen LogP contribution is -2.51. The number of piperazine rings is 1. The van der Waals surface area contributed by atoms with Gasteiger partial charge in [0.25, 0.3) is 0 Å². The van der Waals surface area contributed by atoms with Crippen molar-refractivity contribution in [3.63, 3.8) is 0 Å². The molecule has 0 unspecified atom stereocenters. The minimum absolute atomic E-state index is 0.0294. The number of anilines is 4. The number of carbonyl (C=O) groups excluding carboxylic acids is 1. The zero-order valence-electron chi connectivity index (χ0n) is 20.2. The summed E-state index contributed by atoms with van der Waals surface area (Å²) in [5, 5.41) is 6.16. The SMILES string of the molecule is CCNC(=O)N1CCN(c2ccccc2-c2nc(N)nc(Nc3ccc4oc(=O)[nH]c4c3)c2C)CC1. The summed E-state index contributed by atoms with van der Waals surface area (Å²) >= 11 is 0. The van der Waals surface area contributed by atoms with E-state index in [2.05, 4.69) is 36.6 Å². The number of urea groups is 1. The Balaban J connectivity index is 1.44. The van der Waals surface area contributed by atoms with Crippen LogP contribution in [0, 0.1) is 6.92 Å². The zero-order valence-corrected chi connectivity index (χ0v) is 20.2. The largest absolute Gasteiger partial charge is 0.417 e. The molecule has 0 bridgehead atoms. The molecular weight excluding hydrogens is 460 g/mol. The molecule has 36 heavy (non-hydrogen) atoms. The summed E-state index contributed by atoms with van der Waals surface area (Å²) in [5.41, 5.74) is 11.4. The highest BCUT2D eigenvalue weighted by Gasteiger charge is 2.24. The van der Waals surface area contributed by atoms with Crippen molar-refractivity contribution in [1.29, 1.82) is 0 Å². The van der Waals surface area contributed by atoms with Crippen molar-refractivity contribution in [2.75, 3.05) is 48.7 Å². The first kappa shape index (κ1) is 23.2. The molecule has 11 nitrogen and oxygen atoms in total. The fourth-order valence-electron chi connectivity index (χ4n) is 4.45. The molecule has 0 saturated carbocycles. The fraction of sp³-hybridized carbons (Fsp3) is 0.280. The van der Waals surface area contributed by atoms with Crippen molar-refractivity contribution < 1.29 is 9.21 Å². The maximum Gasteiger partial charge on any atom is 0.417 e. The summed E-state index contributed by atoms with van der Waals surface area (Å²) in [6.07, 6.45) is 0. The fourth-order valence-corrected chi connectivity index (χ4v) is 4.45. The molecule has 186 valence electrons. The molecule has 5 rings (SSSR count). The number of aromatic nitrogens is 3. The lowest BCUT2D eigenvalue weighted by molar-refractivity contribution is 0.195. The number of carbonyl (C=O) groups is 1. The number of hydrogen-bond acceptors (Lipinski definition) is 8. The van der Waals surface area contributed by atoms with Crippen molar-refractivity contribution >= 4 is 40.3 Å². The van der Waals surface area contributed by atoms with Crippen LogP contribution in [-0.4, -0.2) is 58.6 Å². The minimum atomic E-state index is -0.504. The van der Waals surface area contributed by atoms with Gasteiger partial charge < -0.3 is 30.6 Å². The van der Waals surface area contributed by atoms with E-state index in [1.807, 2.05) is 36.9 Å². The highest BCUT2D eigenvalue weighted by atomic mass is 16.4. The monoisotopic (exact) mass is 488 g/mol. The van der Waals surface area contributed by atoms with Crippen LogP contribution >= 0.6 is 0 Å². The van der Waals surface area contributed by atoms with Crippen LogP contribution in [0.4, 0.5) is 27.9 Å². The molecule has 11 heteroatoms. The van der Waals surface area contributed by atoms with E-state index in [0.717, 1.165) is 28.2 Å². The summed E-state index contributed by atoms with van der Waals surface area (Å²) in [4.78, 5) is 39.5. The molecule has 1 fully saturated rings. The number of nitrogens with two attached hydrogens (primary N) is 1. The molecule has 3 heterocycles. The molecule has 1 saturated heterocycles. The second kappa shape index (κ2) is 9.61. The maximum atomic E-state index is 12.2. The Morgan fingerprint density at radius 1 is 1.14 bits per heavy atom. The molecule has 4 aromatic rings. The van der Waals surface area contributed by atoms with Crippen LogP contribution in [0.15, 0.2) is 51.7 Å². The van der Waals surface area contributed by atoms with E-state index < -0.39 is 5.76 Å². The molecule has 2 aromatic heterocycles. The van der Waals surface area contributed by atoms with Crippen LogP contribution in [0.5, 0.6) is 0 Å². The smallest absolute Gasteiger partial charge is 0.408 e. The third kappa shape index (κ3) is 4.54. The van der Waals surface area contributed by atoms with E-state index >= 15 is 0 Å². The Morgan fingerprint density at radius 2 is 1.92 bits per heavy atom. The lowest BCUT2D eigenvalue weighted by atomic mass is 10.0. The van der Waals surface area contributed by atoms with Gasteiger partial charge in [-0.1, -0.05) is 18.2 Å². The summed E-state index contributed by atoms with van der Waals surface area (Å²) in [6.45, 7) is 7.16. The van der Waals surface area contributed by atoms with Crippen LogP contribution in [-0.2, 0) is 0 Å². The van der Waals surface area contributed by atoms with Gasteiger partial charge >= 0.3 is 11.8 Å². The van der Waals surface area contributed by atoms with Crippen LogP contribution in [0.1, 0.15) is 12.5 Å². The van der Waals surface area contributed by atoms with Crippen LogP contribution in [0.2, 0.25) is 0 Å². The Hall–Kier alpha value is -4.54. The zero-order chi connectivity index (χ0) is 25.2. The number of rotatable bonds is 5. The molecule has 0 atom stereocenters. The quantitative estimate of drug-likeness (QED) is 0.335. The van der Waals surface area contributed by atoms with Crippen molar-refractivity contribution in [1.82, 2.24) is 25.2 Å². The van der Waals surface area contributed by atoms with E-state index in [1.54, 1.807) is 18.2 Å². The molecule has 2 amide bonds. The average Bonchev–Trinajstić information content (AvgIpc) is 3.25. The molecular formula is C25H28N8O3. The normalized spacial score (nSPS) is 13.7. The van der Waals surface area contributed by atoms with Gasteiger partial charge in [-0.25, -0.2) is 14.6 Å². The number of fused-ring (bicyclic) bond motifs is 1. The Bertz CT molecular complexity index is 1470. The first-order valence-electron chi connectivity index (χ1n) is 11.8. The summed E-state index contributed by atoms with van der Waals surface area (Å²) < 4.78 is 5.08. The van der Waals surface area contributed by atoms with Gasteiger partial charge in [0.2, 0.25) is 5.95 Å². The minimum Gasteiger partial charge on any atom is -0.408 e. The second-order valence-electron chi connectivity index (χ2n) is 8.58. The summed E-state index contributed by atoms with van der Waals surface area (Å²) in [6, 6.07) is 13.3. The van der Waals surface area contributed by atoms with E-state index in [0.29, 0.717) is 49.6 Å². The van der Waals surface area contributed by atoms with Crippen LogP contribution < -0.4 is 27.0 Å². The number of oxazole rings is 1. The first-order chi connectivity index (χ1) is 17.4. The molecule has 0 aliphatic carbocycles. The predicted molar refractivity (Wildman–Crippen MR) is 140 cm³/mol. The van der Waals surface area contributed by atoms with E-state index in [9.17, 15) is 9.59 Å². The molecule has 2 aromatic carbocycles. The molecule has 1 aliphatic rings. The van der Waals surface area contributed by atoms with E-state index in [1.165, 1.54) is 0 Å². The average molecular weight is 489 g/mol. The molecule has 5 N–H and O–H groups in total. The van der Waals surface area contributed by atoms with Gasteiger partial charge in [-0.3, -0.25) is 4.98 Å². The number of aromatic amines is 1. The van der Waals surface area contributed by atoms with Crippen LogP contribution in [0.25, 0.3) is 22.4 Å². The molecule has 0 spiro atoms. The number of amides is 2. The number of para-hydroxylation sites is 1. The number of H-pyrrole nitrogens is 1. The van der Waals surface area contributed by atoms with E-state index in [4.69, 9.17) is 10.2 Å². The van der Waals surface area contributed by atoms with Gasteiger partial charge in [0, 0.05) is 55.2 Å². The van der Waals surface area contributed by atoms with Gasteiger partial charge in [-0.2, -0.15) is 4.98 Å². The van der Waals surface area contributed by atoms with E-state index in [-0.39, 0.29) is 12.0 Å². The topological polar surface area (TPSA) is 145 Å². The molecule has 0 radical (unpaired) electrons. The first-order valence-corrected chi connectivity index (χ1v) is 11.8. The Kier molecular flexibility index (Phi) is 6.19. The van der Waals surface area contributed by atoms with Gasteiger partial charge in [0.05, 0.1) is 11.2 Å². The third-order valence-electron chi connectivity index (χ3n) is 6.24. The lowest BCUT2D eigenvalue weighted by Gasteiger charge is -2.37. The number of nitrogens with zero attached hydrogens (tertiary/aromatic N) is 4. The van der Waals surface area contributed by atoms with Gasteiger partial charge in [-0.05, 0) is 38.1 Å². The van der Waals surface area contributed by atoms with Crippen LogP contribution in [0.3, 0.4) is 0 Å². The standard InChI is InChI=1S/C25H28N8O3/c1-3-27-24(34)33-12-10-32(11-13-33)19-7-5-4-6-17(19)21-15(2)22(31-23(26)30-21)28-16-8-9-20-18(14-16)29-25(35)36-20/h4-9,14H,3,10-13H2,1-2H3,(H,27,34)(H,29,35)(H3,26,28,30,31).